The Morgan fingerprint density at radius 1 is 1.33 bits per heavy atom. The van der Waals surface area contributed by atoms with Crippen LogP contribution in [0.25, 0.3) is 0 Å². The van der Waals surface area contributed by atoms with Gasteiger partial charge in [-0.2, -0.15) is 0 Å². The van der Waals surface area contributed by atoms with E-state index in [0.717, 1.165) is 20.9 Å². The average molecular weight is 327 g/mol. The van der Waals surface area contributed by atoms with Gasteiger partial charge in [-0.25, -0.2) is 9.97 Å². The molecular weight excluding hydrogens is 312 g/mol. The van der Waals surface area contributed by atoms with Crippen molar-refractivity contribution in [3.8, 4) is 0 Å². The number of halogens is 1. The van der Waals surface area contributed by atoms with Crippen LogP contribution in [-0.2, 0) is 0 Å². The molecule has 0 amide bonds. The summed E-state index contributed by atoms with van der Waals surface area (Å²) in [6, 6.07) is 0.121. The van der Waals surface area contributed by atoms with E-state index in [1.807, 2.05) is 13.1 Å². The fraction of sp³-hybridized carbons (Fsp3) is 0.333. The van der Waals surface area contributed by atoms with Crippen LogP contribution in [0.4, 0.5) is 11.5 Å². The van der Waals surface area contributed by atoms with Gasteiger partial charge in [-0.3, -0.25) is 0 Å². The molecule has 0 aliphatic heterocycles. The molecule has 4 nitrogen and oxygen atoms in total. The van der Waals surface area contributed by atoms with Crippen LogP contribution in [0, 0.1) is 13.8 Å². The normalized spacial score (nSPS) is 12.4. The molecule has 0 spiro atoms. The molecule has 0 aromatic carbocycles. The van der Waals surface area contributed by atoms with Gasteiger partial charge in [-0.15, -0.1) is 11.3 Å². The molecule has 2 aromatic rings. The maximum atomic E-state index is 5.80. The molecule has 1 atom stereocenters. The van der Waals surface area contributed by atoms with Gasteiger partial charge in [0.15, 0.2) is 0 Å². The van der Waals surface area contributed by atoms with Crippen LogP contribution in [0.3, 0.4) is 0 Å². The van der Waals surface area contributed by atoms with Crippen LogP contribution in [-0.4, -0.2) is 9.97 Å². The zero-order chi connectivity index (χ0) is 13.3. The van der Waals surface area contributed by atoms with E-state index in [-0.39, 0.29) is 6.04 Å². The predicted octanol–water partition coefficient (Wildman–Crippen LogP) is 3.67. The molecular formula is C12H15BrN4S. The zero-order valence-electron chi connectivity index (χ0n) is 10.5. The number of aryl methyl sites for hydroxylation is 1. The molecule has 6 heteroatoms. The minimum atomic E-state index is 0.121. The standard InChI is InChI=1S/C12H15BrN4S/c1-6-4-16-12(18-6)8(3)17-11-10(13)7(2)9(14)5-15-11/h4-5,8H,14H2,1-3H3,(H,15,17). The number of rotatable bonds is 3. The average Bonchev–Trinajstić information content (AvgIpc) is 2.77. The monoisotopic (exact) mass is 326 g/mol. The molecule has 0 saturated heterocycles. The molecule has 2 heterocycles. The van der Waals surface area contributed by atoms with Crippen LogP contribution in [0.15, 0.2) is 16.9 Å². The molecule has 1 unspecified atom stereocenters. The number of nitrogens with two attached hydrogens (primary N) is 1. The van der Waals surface area contributed by atoms with Crippen LogP contribution >= 0.6 is 27.3 Å². The van der Waals surface area contributed by atoms with Crippen LogP contribution in [0.1, 0.15) is 28.4 Å². The molecule has 3 N–H and O–H groups in total. The van der Waals surface area contributed by atoms with Crippen molar-refractivity contribution >= 4 is 38.8 Å². The van der Waals surface area contributed by atoms with Crippen molar-refractivity contribution in [2.75, 3.05) is 11.1 Å². The van der Waals surface area contributed by atoms with Crippen molar-refractivity contribution < 1.29 is 0 Å². The third-order valence-electron chi connectivity index (χ3n) is 2.67. The van der Waals surface area contributed by atoms with Gasteiger partial charge in [0.2, 0.25) is 0 Å². The highest BCUT2D eigenvalue weighted by Crippen LogP contribution is 2.30. The smallest absolute Gasteiger partial charge is 0.141 e. The van der Waals surface area contributed by atoms with E-state index in [1.54, 1.807) is 17.5 Å². The lowest BCUT2D eigenvalue weighted by atomic mass is 10.2. The highest BCUT2D eigenvalue weighted by atomic mass is 79.9. The SMILES string of the molecule is Cc1cnc(C(C)Nc2ncc(N)c(C)c2Br)s1. The molecule has 2 aromatic heterocycles. The second-order valence-corrected chi connectivity index (χ2v) is 6.24. The highest BCUT2D eigenvalue weighted by molar-refractivity contribution is 9.10. The summed E-state index contributed by atoms with van der Waals surface area (Å²) >= 11 is 5.20. The molecule has 18 heavy (non-hydrogen) atoms. The zero-order valence-corrected chi connectivity index (χ0v) is 12.9. The van der Waals surface area contributed by atoms with Gasteiger partial charge < -0.3 is 11.1 Å². The van der Waals surface area contributed by atoms with Gasteiger partial charge >= 0.3 is 0 Å². The lowest BCUT2D eigenvalue weighted by Crippen LogP contribution is -2.09. The summed E-state index contributed by atoms with van der Waals surface area (Å²) in [4.78, 5) is 9.88. The van der Waals surface area contributed by atoms with Gasteiger partial charge in [-0.1, -0.05) is 0 Å². The molecule has 0 aliphatic rings. The molecule has 0 bridgehead atoms. The van der Waals surface area contributed by atoms with Gasteiger partial charge in [0.1, 0.15) is 10.8 Å². The molecule has 0 aliphatic carbocycles. The number of thiazole rings is 1. The van der Waals surface area contributed by atoms with Gasteiger partial charge in [0.25, 0.3) is 0 Å². The Balaban J connectivity index is 2.22. The molecule has 0 radical (unpaired) electrons. The van der Waals surface area contributed by atoms with E-state index in [2.05, 4.69) is 45.1 Å². The van der Waals surface area contributed by atoms with E-state index in [4.69, 9.17) is 5.73 Å². The summed E-state index contributed by atoms with van der Waals surface area (Å²) in [7, 11) is 0. The first kappa shape index (κ1) is 13.3. The fourth-order valence-corrected chi connectivity index (χ4v) is 2.75. The van der Waals surface area contributed by atoms with Crippen LogP contribution in [0.2, 0.25) is 0 Å². The Bertz CT molecular complexity index is 567. The van der Waals surface area contributed by atoms with Crippen molar-refractivity contribution in [1.82, 2.24) is 9.97 Å². The summed E-state index contributed by atoms with van der Waals surface area (Å²) in [5.74, 6) is 0.794. The molecule has 0 fully saturated rings. The predicted molar refractivity (Wildman–Crippen MR) is 80.0 cm³/mol. The summed E-state index contributed by atoms with van der Waals surface area (Å²) in [6.07, 6.45) is 3.55. The quantitative estimate of drug-likeness (QED) is 0.903. The number of nitrogens with zero attached hydrogens (tertiary/aromatic N) is 2. The Morgan fingerprint density at radius 3 is 2.67 bits per heavy atom. The Morgan fingerprint density at radius 2 is 2.06 bits per heavy atom. The molecule has 96 valence electrons. The van der Waals surface area contributed by atoms with Crippen molar-refractivity contribution in [3.63, 3.8) is 0 Å². The Hall–Kier alpha value is -1.14. The minimum absolute atomic E-state index is 0.121. The maximum absolute atomic E-state index is 5.80. The maximum Gasteiger partial charge on any atom is 0.141 e. The van der Waals surface area contributed by atoms with E-state index in [1.165, 1.54) is 4.88 Å². The van der Waals surface area contributed by atoms with Crippen molar-refractivity contribution in [1.29, 1.82) is 0 Å². The fourth-order valence-electron chi connectivity index (χ4n) is 1.53. The molecule has 0 saturated carbocycles. The number of nitrogen functional groups attached to an aromatic ring is 1. The number of nitrogens with one attached hydrogen (secondary N) is 1. The number of hydrogen-bond donors (Lipinski definition) is 2. The van der Waals surface area contributed by atoms with Crippen LogP contribution in [0.5, 0.6) is 0 Å². The lowest BCUT2D eigenvalue weighted by Gasteiger charge is -2.15. The highest BCUT2D eigenvalue weighted by Gasteiger charge is 2.13. The van der Waals surface area contributed by atoms with E-state index < -0.39 is 0 Å². The number of aromatic nitrogens is 2. The van der Waals surface area contributed by atoms with E-state index in [9.17, 15) is 0 Å². The first-order valence-corrected chi connectivity index (χ1v) is 7.19. The first-order chi connectivity index (χ1) is 8.49. The van der Waals surface area contributed by atoms with E-state index in [0.29, 0.717) is 5.69 Å². The van der Waals surface area contributed by atoms with Gasteiger partial charge in [0.05, 0.1) is 22.4 Å². The summed E-state index contributed by atoms with van der Waals surface area (Å²) in [6.45, 7) is 6.08. The Kier molecular flexibility index (Phi) is 3.87. The Labute approximate surface area is 119 Å². The van der Waals surface area contributed by atoms with Gasteiger partial charge in [0, 0.05) is 11.1 Å². The first-order valence-electron chi connectivity index (χ1n) is 5.58. The second kappa shape index (κ2) is 5.24. The summed E-state index contributed by atoms with van der Waals surface area (Å²) < 4.78 is 0.905. The minimum Gasteiger partial charge on any atom is -0.397 e. The van der Waals surface area contributed by atoms with E-state index >= 15 is 0 Å². The summed E-state index contributed by atoms with van der Waals surface area (Å²) in [5, 5.41) is 4.39. The number of pyridine rings is 1. The van der Waals surface area contributed by atoms with Crippen molar-refractivity contribution in [3.05, 3.63) is 32.3 Å². The molecule has 2 rings (SSSR count). The second-order valence-electron chi connectivity index (χ2n) is 4.18. The lowest BCUT2D eigenvalue weighted by molar-refractivity contribution is 0.858. The third-order valence-corrected chi connectivity index (χ3v) is 4.73. The van der Waals surface area contributed by atoms with Crippen LogP contribution < -0.4 is 11.1 Å². The number of anilines is 2. The third kappa shape index (κ3) is 2.64. The van der Waals surface area contributed by atoms with Crippen molar-refractivity contribution in [2.45, 2.75) is 26.8 Å². The van der Waals surface area contributed by atoms with Gasteiger partial charge in [-0.05, 0) is 42.3 Å². The topological polar surface area (TPSA) is 63.8 Å². The number of hydrogen-bond acceptors (Lipinski definition) is 5. The summed E-state index contributed by atoms with van der Waals surface area (Å²) in [5.41, 5.74) is 7.48. The largest absolute Gasteiger partial charge is 0.397 e. The van der Waals surface area contributed by atoms with Crippen molar-refractivity contribution in [2.24, 2.45) is 0 Å².